The largest absolute Gasteiger partial charge is 0.289 e. The Labute approximate surface area is 65.7 Å². The smallest absolute Gasteiger partial charge is 0.259 e. The van der Waals surface area contributed by atoms with Crippen molar-refractivity contribution in [2.24, 2.45) is 0 Å². The van der Waals surface area contributed by atoms with Crippen LogP contribution in [-0.4, -0.2) is 8.76 Å². The number of halogens is 1. The van der Waals surface area contributed by atoms with Crippen LogP contribution in [0.3, 0.4) is 0 Å². The lowest BCUT2D eigenvalue weighted by Gasteiger charge is -2.00. The highest BCUT2D eigenvalue weighted by Crippen LogP contribution is 2.11. The molecule has 0 bridgehead atoms. The molecule has 0 amide bonds. The molecule has 0 spiro atoms. The molecule has 2 N–H and O–H groups in total. The van der Waals surface area contributed by atoms with Crippen LogP contribution in [0.5, 0.6) is 0 Å². The number of hydrogen-bond donors (Lipinski definition) is 2. The molecule has 0 aliphatic heterocycles. The van der Waals surface area contributed by atoms with Crippen molar-refractivity contribution in [1.82, 2.24) is 0 Å². The minimum atomic E-state index is -2.22. The Kier molecular flexibility index (Phi) is 2.56. The van der Waals surface area contributed by atoms with Crippen LogP contribution in [0.4, 0.5) is 10.1 Å². The summed E-state index contributed by atoms with van der Waals surface area (Å²) in [5.41, 5.74) is 0.0216. The van der Waals surface area contributed by atoms with E-state index in [1.54, 1.807) is 6.07 Å². The van der Waals surface area contributed by atoms with E-state index in [0.29, 0.717) is 0 Å². The molecule has 0 aliphatic carbocycles. The monoisotopic (exact) mass is 175 g/mol. The van der Waals surface area contributed by atoms with E-state index in [1.807, 2.05) is 4.72 Å². The highest BCUT2D eigenvalue weighted by molar-refractivity contribution is 7.80. The zero-order valence-corrected chi connectivity index (χ0v) is 6.27. The van der Waals surface area contributed by atoms with Crippen LogP contribution in [0.15, 0.2) is 24.3 Å². The average molecular weight is 175 g/mol. The van der Waals surface area contributed by atoms with Gasteiger partial charge in [-0.05, 0) is 12.1 Å². The Balaban J connectivity index is 2.86. The van der Waals surface area contributed by atoms with E-state index in [4.69, 9.17) is 4.55 Å². The molecule has 0 saturated heterocycles. The molecule has 0 saturated carbocycles. The molecule has 1 atom stereocenters. The average Bonchev–Trinajstić information content (AvgIpc) is 1.93. The third kappa shape index (κ3) is 2.28. The number of benzene rings is 1. The molecule has 0 aliphatic rings. The van der Waals surface area contributed by atoms with E-state index in [2.05, 4.69) is 0 Å². The number of nitrogens with one attached hydrogen (secondary N) is 1. The maximum Gasteiger partial charge on any atom is 0.259 e. The highest BCUT2D eigenvalue weighted by atomic mass is 32.2. The fourth-order valence-electron chi connectivity index (χ4n) is 0.638. The maximum absolute atomic E-state index is 12.6. The molecular weight excluding hydrogens is 169 g/mol. The minimum absolute atomic E-state index is 0.0216. The molecule has 1 aromatic rings. The summed E-state index contributed by atoms with van der Waals surface area (Å²) >= 11 is -2.22. The Hall–Kier alpha value is -0.940. The molecule has 1 unspecified atom stereocenters. The second-order valence-electron chi connectivity index (χ2n) is 1.83. The summed E-state index contributed by atoms with van der Waals surface area (Å²) in [6.45, 7) is 0. The van der Waals surface area contributed by atoms with Gasteiger partial charge < -0.3 is 0 Å². The highest BCUT2D eigenvalue weighted by Gasteiger charge is 2.00. The molecule has 11 heavy (non-hydrogen) atoms. The second-order valence-corrected chi connectivity index (χ2v) is 2.53. The van der Waals surface area contributed by atoms with Gasteiger partial charge in [-0.25, -0.2) is 8.60 Å². The van der Waals surface area contributed by atoms with Crippen molar-refractivity contribution in [3.63, 3.8) is 0 Å². The van der Waals surface area contributed by atoms with Crippen LogP contribution in [0.25, 0.3) is 0 Å². The first-order valence-electron chi connectivity index (χ1n) is 2.82. The quantitative estimate of drug-likeness (QED) is 0.667. The SMILES string of the molecule is O=S(O)Nc1ccccc1F. The van der Waals surface area contributed by atoms with Crippen molar-refractivity contribution in [1.29, 1.82) is 0 Å². The molecule has 0 aromatic heterocycles. The molecule has 5 heteroatoms. The predicted octanol–water partition coefficient (Wildman–Crippen LogP) is 1.37. The van der Waals surface area contributed by atoms with Crippen LogP contribution in [0.2, 0.25) is 0 Å². The Morgan fingerprint density at radius 2 is 2.09 bits per heavy atom. The lowest BCUT2D eigenvalue weighted by atomic mass is 10.3. The maximum atomic E-state index is 12.6. The third-order valence-corrected chi connectivity index (χ3v) is 1.47. The summed E-state index contributed by atoms with van der Waals surface area (Å²) in [6.07, 6.45) is 0. The van der Waals surface area contributed by atoms with Gasteiger partial charge in [0.25, 0.3) is 11.3 Å². The van der Waals surface area contributed by atoms with Crippen molar-refractivity contribution in [3.8, 4) is 0 Å². The van der Waals surface area contributed by atoms with Crippen LogP contribution >= 0.6 is 0 Å². The number of para-hydroxylation sites is 1. The van der Waals surface area contributed by atoms with Gasteiger partial charge in [0.05, 0.1) is 5.69 Å². The first-order chi connectivity index (χ1) is 5.20. The number of anilines is 1. The van der Waals surface area contributed by atoms with E-state index in [-0.39, 0.29) is 5.69 Å². The van der Waals surface area contributed by atoms with E-state index in [1.165, 1.54) is 18.2 Å². The van der Waals surface area contributed by atoms with Crippen molar-refractivity contribution >= 4 is 17.0 Å². The van der Waals surface area contributed by atoms with Crippen molar-refractivity contribution in [2.45, 2.75) is 0 Å². The van der Waals surface area contributed by atoms with Crippen LogP contribution in [0.1, 0.15) is 0 Å². The van der Waals surface area contributed by atoms with E-state index < -0.39 is 17.1 Å². The van der Waals surface area contributed by atoms with Gasteiger partial charge in [-0.2, -0.15) is 0 Å². The molecule has 3 nitrogen and oxygen atoms in total. The predicted molar refractivity (Wildman–Crippen MR) is 40.8 cm³/mol. The normalized spacial score (nSPS) is 12.5. The lowest BCUT2D eigenvalue weighted by Crippen LogP contribution is -2.03. The summed E-state index contributed by atoms with van der Waals surface area (Å²) < 4.78 is 33.1. The summed E-state index contributed by atoms with van der Waals surface area (Å²) in [5.74, 6) is -0.546. The van der Waals surface area contributed by atoms with Crippen LogP contribution in [0, 0.1) is 5.82 Å². The Morgan fingerprint density at radius 1 is 1.45 bits per heavy atom. The molecular formula is C6H6FNO2S. The zero-order chi connectivity index (χ0) is 8.27. The van der Waals surface area contributed by atoms with Gasteiger partial charge in [0.2, 0.25) is 0 Å². The summed E-state index contributed by atoms with van der Waals surface area (Å²) in [7, 11) is 0. The van der Waals surface area contributed by atoms with Gasteiger partial charge in [-0.15, -0.1) is 0 Å². The Bertz CT molecular complexity index is 279. The first-order valence-corrected chi connectivity index (χ1v) is 3.93. The van der Waals surface area contributed by atoms with Crippen molar-refractivity contribution in [2.75, 3.05) is 4.72 Å². The molecule has 0 heterocycles. The standard InChI is InChI=1S/C6H6FNO2S/c7-5-3-1-2-4-6(5)8-11(9)10/h1-4,8H,(H,9,10). The molecule has 1 aromatic carbocycles. The fraction of sp³-hybridized carbons (Fsp3) is 0. The lowest BCUT2D eigenvalue weighted by molar-refractivity contribution is 0.568. The van der Waals surface area contributed by atoms with Gasteiger partial charge in [0.1, 0.15) is 5.82 Å². The second kappa shape index (κ2) is 3.45. The zero-order valence-electron chi connectivity index (χ0n) is 5.45. The molecule has 60 valence electrons. The number of rotatable bonds is 2. The van der Waals surface area contributed by atoms with Crippen LogP contribution in [-0.2, 0) is 11.3 Å². The topological polar surface area (TPSA) is 49.3 Å². The van der Waals surface area contributed by atoms with Crippen LogP contribution < -0.4 is 4.72 Å². The molecule has 1 rings (SSSR count). The van der Waals surface area contributed by atoms with Gasteiger partial charge in [0, 0.05) is 0 Å². The fourth-order valence-corrected chi connectivity index (χ4v) is 0.992. The van der Waals surface area contributed by atoms with Gasteiger partial charge >= 0.3 is 0 Å². The van der Waals surface area contributed by atoms with E-state index >= 15 is 0 Å². The summed E-state index contributed by atoms with van der Waals surface area (Å²) in [4.78, 5) is 0. The number of hydrogen-bond acceptors (Lipinski definition) is 1. The van der Waals surface area contributed by atoms with Gasteiger partial charge in [0.15, 0.2) is 0 Å². The van der Waals surface area contributed by atoms with Gasteiger partial charge in [-0.3, -0.25) is 9.27 Å². The summed E-state index contributed by atoms with van der Waals surface area (Å²) in [5, 5.41) is 0. The third-order valence-electron chi connectivity index (χ3n) is 1.07. The van der Waals surface area contributed by atoms with Gasteiger partial charge in [-0.1, -0.05) is 12.1 Å². The molecule has 0 fully saturated rings. The Morgan fingerprint density at radius 3 is 2.64 bits per heavy atom. The van der Waals surface area contributed by atoms with Crippen molar-refractivity contribution < 1.29 is 13.2 Å². The first kappa shape index (κ1) is 8.16. The van der Waals surface area contributed by atoms with Crippen molar-refractivity contribution in [3.05, 3.63) is 30.1 Å². The van der Waals surface area contributed by atoms with E-state index in [9.17, 15) is 8.60 Å². The van der Waals surface area contributed by atoms with E-state index in [0.717, 1.165) is 0 Å². The molecule has 0 radical (unpaired) electrons. The summed E-state index contributed by atoms with van der Waals surface area (Å²) in [6, 6.07) is 5.65. The minimum Gasteiger partial charge on any atom is -0.289 e.